The average Bonchev–Trinajstić information content (AvgIpc) is 1.55. The minimum atomic E-state index is -3.95. The number of H-pyrrole nitrogens is 1. The number of halogens is 12. The number of hydrogen-bond donors (Lipinski definition) is 3. The summed E-state index contributed by atoms with van der Waals surface area (Å²) in [7, 11) is -7.46. The van der Waals surface area contributed by atoms with Crippen LogP contribution in [0.1, 0.15) is 58.3 Å². The number of aromatic carboxylic acids is 1. The highest BCUT2D eigenvalue weighted by atomic mass is 79.9. The summed E-state index contributed by atoms with van der Waals surface area (Å²) in [5.74, 6) is -3.58. The Morgan fingerprint density at radius 3 is 1.47 bits per heavy atom. The van der Waals surface area contributed by atoms with Crippen LogP contribution in [0.4, 0.5) is 23.2 Å². The van der Waals surface area contributed by atoms with E-state index >= 15 is 8.78 Å². The van der Waals surface area contributed by atoms with Crippen molar-refractivity contribution in [1.82, 2.24) is 38.0 Å². The van der Waals surface area contributed by atoms with Crippen molar-refractivity contribution < 1.29 is 44.3 Å². The summed E-state index contributed by atoms with van der Waals surface area (Å²) in [5.41, 5.74) is 8.42. The molecule has 6 heterocycles. The number of rotatable bonds is 12. The number of carboxylic acid groups (broad SMARTS) is 1. The quantitative estimate of drug-likeness (QED) is 0.0969. The highest BCUT2D eigenvalue weighted by Gasteiger charge is 2.41. The number of hydrogen-bond acceptors (Lipinski definition) is 15. The molecule has 3 N–H and O–H groups in total. The molecule has 0 saturated heterocycles. The highest BCUT2D eigenvalue weighted by Crippen LogP contribution is 2.40. The molecule has 0 amide bonds. The molecule has 0 bridgehead atoms. The average molecular weight is 1780 g/mol. The van der Waals surface area contributed by atoms with Gasteiger partial charge in [-0.3, -0.25) is 13.9 Å². The lowest BCUT2D eigenvalue weighted by Crippen LogP contribution is -2.31. The standard InChI is InChI=1S/C17H10BrClFN3O3S2.C17H13BrClFN2O2S2.C15H8BrClFNO2S.C14H6BrClFN3OS/c18-8-1-4-11(10(19)5-8)22-16-12(6-13-15(14(16)20)21-7-27-13)23(17(22)24)28(25,26)9-2-3-9;18-10-2-1-9(13(19)6-10)5-12-14(22-26(23,24)11-3-4-11)7-15-17(16(12)20)21-8-25-15;16-8-2-1-7(11(17)4-8)3-9-10(15(20)21)5-12-14(13(9)18)19-6-22-12;15-6-1-2-9(7(16)3-6)20-13-8(19-14(20)21)4-10-12(11(13)17)18-5-22-10/h1,4-7,9H,2-3H2;1-2,6-8,11,22H,3-5H2;1-2,4-6H,3H2,(H,20,21);1-5H,(H,19,21). The summed E-state index contributed by atoms with van der Waals surface area (Å²) in [4.78, 5) is 55.7. The van der Waals surface area contributed by atoms with Crippen molar-refractivity contribution in [1.29, 1.82) is 0 Å². The summed E-state index contributed by atoms with van der Waals surface area (Å²) in [6.07, 6.45) is 2.47. The predicted octanol–water partition coefficient (Wildman–Crippen LogP) is 19.3. The van der Waals surface area contributed by atoms with E-state index < -0.39 is 71.2 Å². The van der Waals surface area contributed by atoms with Crippen molar-refractivity contribution in [3.63, 3.8) is 0 Å². The van der Waals surface area contributed by atoms with E-state index in [4.69, 9.17) is 46.4 Å². The van der Waals surface area contributed by atoms with Gasteiger partial charge in [0.15, 0.2) is 23.3 Å². The van der Waals surface area contributed by atoms with E-state index in [1.54, 1.807) is 83.8 Å². The largest absolute Gasteiger partial charge is 0.478 e. The molecule has 14 aromatic rings. The van der Waals surface area contributed by atoms with Crippen molar-refractivity contribution in [2.24, 2.45) is 0 Å². The third kappa shape index (κ3) is 13.8. The maximum Gasteiger partial charge on any atom is 0.347 e. The number of fused-ring (bicyclic) bond motifs is 6. The monoisotopic (exact) mass is 1770 g/mol. The predicted molar refractivity (Wildman–Crippen MR) is 396 cm³/mol. The van der Waals surface area contributed by atoms with Crippen LogP contribution in [-0.2, 0) is 32.9 Å². The molecule has 0 atom stereocenters. The molecule has 2 fully saturated rings. The number of carbonyl (C=O) groups is 1. The topological polar surface area (TPSA) is 234 Å². The summed E-state index contributed by atoms with van der Waals surface area (Å²) in [6, 6.07) is 26.7. The van der Waals surface area contributed by atoms with Crippen LogP contribution in [0.5, 0.6) is 0 Å². The fraction of sp³-hybridized carbons (Fsp3) is 0.127. The Balaban J connectivity index is 0.000000118. The zero-order valence-corrected chi connectivity index (χ0v) is 63.1. The summed E-state index contributed by atoms with van der Waals surface area (Å²) in [6.45, 7) is 0. The lowest BCUT2D eigenvalue weighted by molar-refractivity contribution is 0.0695. The first-order valence-electron chi connectivity index (χ1n) is 28.4. The molecule has 0 radical (unpaired) electrons. The van der Waals surface area contributed by atoms with Crippen LogP contribution >= 0.6 is 155 Å². The Morgan fingerprint density at radius 1 is 0.551 bits per heavy atom. The molecular weight excluding hydrogens is 1740 g/mol. The van der Waals surface area contributed by atoms with Gasteiger partial charge in [-0.2, -0.15) is 3.97 Å². The molecule has 6 aromatic heterocycles. The lowest BCUT2D eigenvalue weighted by Gasteiger charge is -2.15. The van der Waals surface area contributed by atoms with Gasteiger partial charge in [-0.1, -0.05) is 122 Å². The molecule has 0 aliphatic heterocycles. The Kier molecular flexibility index (Phi) is 20.1. The molecule has 0 unspecified atom stereocenters. The number of anilines is 1. The van der Waals surface area contributed by atoms with Crippen LogP contribution < -0.4 is 16.1 Å². The first-order chi connectivity index (χ1) is 46.7. The number of carboxylic acids is 1. The van der Waals surface area contributed by atoms with Gasteiger partial charge in [0, 0.05) is 51.9 Å². The lowest BCUT2D eigenvalue weighted by atomic mass is 9.98. The van der Waals surface area contributed by atoms with Gasteiger partial charge < -0.3 is 10.1 Å². The Morgan fingerprint density at radius 2 is 0.980 bits per heavy atom. The van der Waals surface area contributed by atoms with Gasteiger partial charge >= 0.3 is 17.3 Å². The number of nitrogens with one attached hydrogen (secondary N) is 2. The van der Waals surface area contributed by atoms with Gasteiger partial charge in [-0.25, -0.2) is 68.7 Å². The second kappa shape index (κ2) is 28.0. The van der Waals surface area contributed by atoms with E-state index in [1.165, 1.54) is 79.1 Å². The molecule has 17 nitrogen and oxygen atoms in total. The minimum Gasteiger partial charge on any atom is -0.478 e. The van der Waals surface area contributed by atoms with Gasteiger partial charge in [0.1, 0.15) is 33.1 Å². The van der Waals surface area contributed by atoms with Crippen molar-refractivity contribution >= 4 is 250 Å². The van der Waals surface area contributed by atoms with Crippen LogP contribution in [0.3, 0.4) is 0 Å². The van der Waals surface area contributed by atoms with E-state index in [0.29, 0.717) is 90.3 Å². The zero-order chi connectivity index (χ0) is 69.5. The van der Waals surface area contributed by atoms with E-state index in [-0.39, 0.29) is 84.5 Å². The first-order valence-corrected chi connectivity index (χ1v) is 39.7. The van der Waals surface area contributed by atoms with Gasteiger partial charge in [-0.15, -0.1) is 45.3 Å². The van der Waals surface area contributed by atoms with E-state index in [0.717, 1.165) is 18.0 Å². The number of sulfonamides is 1. The van der Waals surface area contributed by atoms with Crippen molar-refractivity contribution in [2.45, 2.75) is 49.0 Å². The number of aromatic nitrogens is 8. The Bertz CT molecular complexity index is 6000. The van der Waals surface area contributed by atoms with Gasteiger partial charge in [0.05, 0.1) is 95.0 Å². The van der Waals surface area contributed by atoms with Crippen LogP contribution in [0.15, 0.2) is 147 Å². The van der Waals surface area contributed by atoms with Crippen molar-refractivity contribution in [3.05, 3.63) is 229 Å². The second-order valence-corrected chi connectivity index (χ2v) is 34.8. The normalized spacial score (nSPS) is 13.3. The Labute approximate surface area is 620 Å². The molecule has 2 saturated carbocycles. The molecule has 2 aliphatic rings. The SMILES string of the molecule is O=C(O)c1cc2scnc2c(F)c1Cc1ccc(Br)cc1Cl.O=S(=O)(Nc1cc2scnc2c(F)c1Cc1ccc(Br)cc1Cl)C1CC1.O=c1[nH]c2cc3scnc3c(F)c2n1-c1ccc(Br)cc1Cl.O=c1n(-c2ccc(Br)cc2Cl)c2c(F)c3ncsc3cc2n1S(=O)(=O)C1CC1. The van der Waals surface area contributed by atoms with Gasteiger partial charge in [0.25, 0.3) is 0 Å². The number of thiazole rings is 4. The third-order valence-corrected chi connectivity index (χ3v) is 26.0. The summed E-state index contributed by atoms with van der Waals surface area (Å²) in [5, 5.41) is 9.77. The maximum absolute atomic E-state index is 15.4. The minimum absolute atomic E-state index is 0.00913. The summed E-state index contributed by atoms with van der Waals surface area (Å²) < 4.78 is 121. The molecule has 8 aromatic carbocycles. The number of aromatic amines is 1. The third-order valence-electron chi connectivity index (χ3n) is 15.6. The Hall–Kier alpha value is -6.17. The van der Waals surface area contributed by atoms with Crippen LogP contribution in [0.2, 0.25) is 20.1 Å². The molecule has 98 heavy (non-hydrogen) atoms. The molecule has 0 spiro atoms. The molecule has 16 rings (SSSR count). The van der Waals surface area contributed by atoms with E-state index in [1.807, 2.05) is 6.07 Å². The van der Waals surface area contributed by atoms with E-state index in [9.17, 15) is 45.1 Å². The number of nitrogens with zero attached hydrogens (tertiary/aromatic N) is 7. The number of benzene rings is 8. The fourth-order valence-electron chi connectivity index (χ4n) is 10.6. The second-order valence-electron chi connectivity index (χ2n) is 21.9. The van der Waals surface area contributed by atoms with Crippen LogP contribution in [-0.4, -0.2) is 76.4 Å². The molecule has 2 aliphatic carbocycles. The fourth-order valence-corrected chi connectivity index (χ4v) is 19.6. The van der Waals surface area contributed by atoms with Gasteiger partial charge in [-0.05, 0) is 122 Å². The van der Waals surface area contributed by atoms with Crippen molar-refractivity contribution in [2.75, 3.05) is 4.72 Å². The van der Waals surface area contributed by atoms with Gasteiger partial charge in [0.2, 0.25) is 20.0 Å². The summed E-state index contributed by atoms with van der Waals surface area (Å²) >= 11 is 43.1. The number of imidazole rings is 2. The molecular formula is C63H37Br4Cl4F4N9O8S6. The molecule has 35 heteroatoms. The zero-order valence-electron chi connectivity index (χ0n) is 48.9. The smallest absolute Gasteiger partial charge is 0.347 e. The highest BCUT2D eigenvalue weighted by molar-refractivity contribution is 9.11. The van der Waals surface area contributed by atoms with E-state index in [2.05, 4.69) is 93.4 Å². The van der Waals surface area contributed by atoms with Crippen LogP contribution in [0, 0.1) is 23.3 Å². The molecule has 502 valence electrons. The van der Waals surface area contributed by atoms with Crippen LogP contribution in [0.25, 0.3) is 74.3 Å². The van der Waals surface area contributed by atoms with Crippen molar-refractivity contribution in [3.8, 4) is 11.4 Å². The maximum atomic E-state index is 15.4. The first kappa shape index (κ1) is 70.3.